The van der Waals surface area contributed by atoms with Crippen LogP contribution in [-0.2, 0) is 0 Å². The summed E-state index contributed by atoms with van der Waals surface area (Å²) in [5.74, 6) is 0. The molecule has 0 spiro atoms. The van der Waals surface area contributed by atoms with Crippen molar-refractivity contribution >= 4 is 17.3 Å². The molecule has 1 aliphatic heterocycles. The molecule has 2 N–H and O–H groups in total. The number of rotatable bonds is 5. The third kappa shape index (κ3) is 4.10. The van der Waals surface area contributed by atoms with Crippen molar-refractivity contribution in [2.24, 2.45) is 0 Å². The van der Waals surface area contributed by atoms with Crippen LogP contribution in [0.15, 0.2) is 18.2 Å². The van der Waals surface area contributed by atoms with Crippen LogP contribution in [-0.4, -0.2) is 42.3 Å². The maximum absolute atomic E-state index is 9.98. The normalized spacial score (nSPS) is 17.1. The topological polar surface area (TPSA) is 59.3 Å². The first-order valence-corrected chi connectivity index (χ1v) is 6.91. The van der Waals surface area contributed by atoms with E-state index in [0.717, 1.165) is 13.1 Å². The molecule has 0 bridgehead atoms. The van der Waals surface area contributed by atoms with Gasteiger partial charge in [-0.2, -0.15) is 5.26 Å². The number of likely N-dealkylation sites (tertiary alicyclic amines) is 1. The lowest BCUT2D eigenvalue weighted by Crippen LogP contribution is -2.34. The number of halogens is 1. The van der Waals surface area contributed by atoms with Gasteiger partial charge in [0.25, 0.3) is 0 Å². The van der Waals surface area contributed by atoms with Gasteiger partial charge in [-0.1, -0.05) is 11.6 Å². The van der Waals surface area contributed by atoms with Gasteiger partial charge in [-0.3, -0.25) is 0 Å². The number of aliphatic hydroxyl groups excluding tert-OH is 1. The number of nitrogens with one attached hydrogen (secondary N) is 1. The van der Waals surface area contributed by atoms with Gasteiger partial charge >= 0.3 is 0 Å². The predicted octanol–water partition coefficient (Wildman–Crippen LogP) is 2.08. The van der Waals surface area contributed by atoms with Gasteiger partial charge in [-0.05, 0) is 44.1 Å². The summed E-state index contributed by atoms with van der Waals surface area (Å²) in [7, 11) is 0. The van der Waals surface area contributed by atoms with Crippen LogP contribution in [0, 0.1) is 11.3 Å². The highest BCUT2D eigenvalue weighted by Gasteiger charge is 2.15. The number of nitrogens with zero attached hydrogens (tertiary/aromatic N) is 2. The first kappa shape index (κ1) is 14.1. The Bertz CT molecular complexity index is 466. The monoisotopic (exact) mass is 279 g/mol. The molecule has 0 amide bonds. The van der Waals surface area contributed by atoms with E-state index in [1.54, 1.807) is 18.2 Å². The standard InChI is InChI=1S/C14H18ClN3O/c15-12-4-3-11(8-16)14(7-12)17-9-13(19)10-18-5-1-2-6-18/h3-4,7,13,17,19H,1-2,5-6,9-10H2. The zero-order chi connectivity index (χ0) is 13.7. The Morgan fingerprint density at radius 3 is 2.84 bits per heavy atom. The fraction of sp³-hybridized carbons (Fsp3) is 0.500. The maximum Gasteiger partial charge on any atom is 0.101 e. The third-order valence-corrected chi connectivity index (χ3v) is 3.53. The van der Waals surface area contributed by atoms with Crippen molar-refractivity contribution in [3.63, 3.8) is 0 Å². The minimum absolute atomic E-state index is 0.422. The van der Waals surface area contributed by atoms with Crippen molar-refractivity contribution in [3.05, 3.63) is 28.8 Å². The van der Waals surface area contributed by atoms with Crippen LogP contribution < -0.4 is 5.32 Å². The molecule has 102 valence electrons. The number of hydrogen-bond acceptors (Lipinski definition) is 4. The number of anilines is 1. The lowest BCUT2D eigenvalue weighted by Gasteiger charge is -2.20. The Morgan fingerprint density at radius 2 is 2.16 bits per heavy atom. The largest absolute Gasteiger partial charge is 0.390 e. The molecule has 4 nitrogen and oxygen atoms in total. The van der Waals surface area contributed by atoms with Crippen molar-refractivity contribution in [3.8, 4) is 6.07 Å². The van der Waals surface area contributed by atoms with Gasteiger partial charge in [-0.15, -0.1) is 0 Å². The zero-order valence-corrected chi connectivity index (χ0v) is 11.5. The molecule has 1 atom stereocenters. The maximum atomic E-state index is 9.98. The molecule has 1 saturated heterocycles. The lowest BCUT2D eigenvalue weighted by atomic mass is 10.2. The Labute approximate surface area is 118 Å². The van der Waals surface area contributed by atoms with Gasteiger partial charge in [0.1, 0.15) is 6.07 Å². The van der Waals surface area contributed by atoms with E-state index in [4.69, 9.17) is 16.9 Å². The van der Waals surface area contributed by atoms with Crippen molar-refractivity contribution < 1.29 is 5.11 Å². The molecular formula is C14H18ClN3O. The van der Waals surface area contributed by atoms with Crippen LogP contribution in [0.5, 0.6) is 0 Å². The minimum atomic E-state index is -0.441. The zero-order valence-electron chi connectivity index (χ0n) is 10.8. The quantitative estimate of drug-likeness (QED) is 0.866. The molecule has 0 aromatic heterocycles. The third-order valence-electron chi connectivity index (χ3n) is 3.30. The van der Waals surface area contributed by atoms with Crippen molar-refractivity contribution in [2.45, 2.75) is 18.9 Å². The molecule has 0 radical (unpaired) electrons. The Morgan fingerprint density at radius 1 is 1.42 bits per heavy atom. The predicted molar refractivity (Wildman–Crippen MR) is 76.3 cm³/mol. The second-order valence-corrected chi connectivity index (χ2v) is 5.28. The van der Waals surface area contributed by atoms with E-state index in [1.165, 1.54) is 12.8 Å². The molecule has 1 aliphatic rings. The molecule has 1 aromatic carbocycles. The number of hydrogen-bond donors (Lipinski definition) is 2. The summed E-state index contributed by atoms with van der Waals surface area (Å²) in [6.45, 7) is 3.23. The van der Waals surface area contributed by atoms with Crippen LogP contribution in [0.1, 0.15) is 18.4 Å². The van der Waals surface area contributed by atoms with E-state index in [-0.39, 0.29) is 0 Å². The van der Waals surface area contributed by atoms with E-state index in [1.807, 2.05) is 0 Å². The molecule has 1 heterocycles. The molecule has 1 unspecified atom stereocenters. The molecule has 2 rings (SSSR count). The first-order valence-electron chi connectivity index (χ1n) is 6.53. The minimum Gasteiger partial charge on any atom is -0.390 e. The Balaban J connectivity index is 1.87. The lowest BCUT2D eigenvalue weighted by molar-refractivity contribution is 0.135. The van der Waals surface area contributed by atoms with Crippen LogP contribution in [0.2, 0.25) is 5.02 Å². The molecule has 1 fully saturated rings. The van der Waals surface area contributed by atoms with Gasteiger partial charge < -0.3 is 15.3 Å². The number of β-amino-alcohol motifs (C(OH)–C–C–N with tert-alkyl or cyclic N) is 1. The highest BCUT2D eigenvalue weighted by molar-refractivity contribution is 6.30. The van der Waals surface area contributed by atoms with Gasteiger partial charge in [0, 0.05) is 18.1 Å². The summed E-state index contributed by atoms with van der Waals surface area (Å²) < 4.78 is 0. The smallest absolute Gasteiger partial charge is 0.101 e. The molecular weight excluding hydrogens is 262 g/mol. The second-order valence-electron chi connectivity index (χ2n) is 4.84. The van der Waals surface area contributed by atoms with Crippen LogP contribution in [0.25, 0.3) is 0 Å². The van der Waals surface area contributed by atoms with Gasteiger partial charge in [0.2, 0.25) is 0 Å². The molecule has 0 saturated carbocycles. The fourth-order valence-corrected chi connectivity index (χ4v) is 2.49. The summed E-state index contributed by atoms with van der Waals surface area (Å²) in [5, 5.41) is 22.7. The van der Waals surface area contributed by atoms with E-state index < -0.39 is 6.10 Å². The highest BCUT2D eigenvalue weighted by atomic mass is 35.5. The van der Waals surface area contributed by atoms with Crippen LogP contribution >= 0.6 is 11.6 Å². The Kier molecular flexibility index (Phi) is 5.03. The van der Waals surface area contributed by atoms with Gasteiger partial charge in [-0.25, -0.2) is 0 Å². The fourth-order valence-electron chi connectivity index (χ4n) is 2.32. The number of nitriles is 1. The van der Waals surface area contributed by atoms with Crippen molar-refractivity contribution in [2.75, 3.05) is 31.5 Å². The molecule has 19 heavy (non-hydrogen) atoms. The second kappa shape index (κ2) is 6.76. The van der Waals surface area contributed by atoms with E-state index in [0.29, 0.717) is 29.4 Å². The summed E-state index contributed by atoms with van der Waals surface area (Å²) in [4.78, 5) is 2.26. The highest BCUT2D eigenvalue weighted by Crippen LogP contribution is 2.20. The van der Waals surface area contributed by atoms with E-state index in [2.05, 4.69) is 16.3 Å². The summed E-state index contributed by atoms with van der Waals surface area (Å²) in [6, 6.07) is 7.18. The van der Waals surface area contributed by atoms with Crippen molar-refractivity contribution in [1.29, 1.82) is 5.26 Å². The van der Waals surface area contributed by atoms with Crippen LogP contribution in [0.4, 0.5) is 5.69 Å². The number of aliphatic hydroxyl groups is 1. The molecule has 5 heteroatoms. The first-order chi connectivity index (χ1) is 9.19. The summed E-state index contributed by atoms with van der Waals surface area (Å²) in [6.07, 6.45) is 1.99. The summed E-state index contributed by atoms with van der Waals surface area (Å²) in [5.41, 5.74) is 1.22. The average molecular weight is 280 g/mol. The van der Waals surface area contributed by atoms with E-state index in [9.17, 15) is 5.11 Å². The van der Waals surface area contributed by atoms with Crippen LogP contribution in [0.3, 0.4) is 0 Å². The summed E-state index contributed by atoms with van der Waals surface area (Å²) >= 11 is 5.91. The Hall–Kier alpha value is -1.28. The van der Waals surface area contributed by atoms with Gasteiger partial charge in [0.05, 0.1) is 17.4 Å². The SMILES string of the molecule is N#Cc1ccc(Cl)cc1NCC(O)CN1CCCC1. The number of benzene rings is 1. The molecule has 1 aromatic rings. The van der Waals surface area contributed by atoms with Crippen molar-refractivity contribution in [1.82, 2.24) is 4.90 Å². The van der Waals surface area contributed by atoms with E-state index >= 15 is 0 Å². The van der Waals surface area contributed by atoms with Gasteiger partial charge in [0.15, 0.2) is 0 Å². The average Bonchev–Trinajstić information content (AvgIpc) is 2.89. The molecule has 0 aliphatic carbocycles.